The van der Waals surface area contributed by atoms with E-state index >= 15 is 0 Å². The average molecular weight is 585 g/mol. The van der Waals surface area contributed by atoms with Crippen LogP contribution in [-0.4, -0.2) is 18.7 Å². The van der Waals surface area contributed by atoms with E-state index in [2.05, 4.69) is 67.9 Å². The molecule has 0 saturated heterocycles. The fourth-order valence-corrected chi connectivity index (χ4v) is 7.84. The Morgan fingerprint density at radius 1 is 1.10 bits per heavy atom. The van der Waals surface area contributed by atoms with Gasteiger partial charge in [-0.25, -0.2) is 0 Å². The zero-order valence-electron chi connectivity index (χ0n) is 24.2. The predicted octanol–water partition coefficient (Wildman–Crippen LogP) is 8.72. The molecule has 204 valence electrons. The van der Waals surface area contributed by atoms with Crippen LogP contribution in [0.25, 0.3) is 10.8 Å². The lowest BCUT2D eigenvalue weighted by molar-refractivity contribution is 0.0904. The first kappa shape index (κ1) is 28.6. The first-order chi connectivity index (χ1) is 18.7. The molecule has 3 aromatic carbocycles. The largest absolute Gasteiger partial charge is 0.388 e. The summed E-state index contributed by atoms with van der Waals surface area (Å²) in [4.78, 5) is 14.1. The van der Waals surface area contributed by atoms with E-state index in [4.69, 9.17) is 7.85 Å². The Kier molecular flexibility index (Phi) is 8.46. The standard InChI is InChI=1S/C35H42BBrO2/c1-6-19(3)11-12-23-15-25-17-30(37)28-16-24(13-14-26-20(4)9-8-10-22(26)7-2)34(38)29-18-27(21(5)36)33(35(23)39)31(25)32(28)29/h8-10,17-19,21,23-24,35,39H,6-7,11-16H2,1-5H3/t19?,21?,23?,24-,35?/m1/s1. The summed E-state index contributed by atoms with van der Waals surface area (Å²) in [6.45, 7) is 10.9. The number of benzene rings is 3. The van der Waals surface area contributed by atoms with Gasteiger partial charge in [-0.05, 0) is 119 Å². The summed E-state index contributed by atoms with van der Waals surface area (Å²) in [7, 11) is 6.55. The molecule has 5 rings (SSSR count). The normalized spacial score (nSPS) is 21.8. The fourth-order valence-electron chi connectivity index (χ4n) is 7.20. The van der Waals surface area contributed by atoms with Gasteiger partial charge in [0.2, 0.25) is 0 Å². The van der Waals surface area contributed by atoms with Crippen molar-refractivity contribution in [1.82, 2.24) is 0 Å². The maximum absolute atomic E-state index is 14.1. The van der Waals surface area contributed by atoms with E-state index in [1.54, 1.807) is 0 Å². The average Bonchev–Trinajstić information content (AvgIpc) is 2.92. The lowest BCUT2D eigenvalue weighted by Gasteiger charge is -2.37. The lowest BCUT2D eigenvalue weighted by Crippen LogP contribution is -2.28. The van der Waals surface area contributed by atoms with E-state index in [-0.39, 0.29) is 23.4 Å². The number of aryl methyl sites for hydroxylation is 2. The van der Waals surface area contributed by atoms with Gasteiger partial charge in [0, 0.05) is 16.0 Å². The molecule has 2 radical (unpaired) electrons. The van der Waals surface area contributed by atoms with Crippen molar-refractivity contribution in [2.45, 2.75) is 97.9 Å². The number of hydrogen-bond acceptors (Lipinski definition) is 2. The van der Waals surface area contributed by atoms with E-state index in [9.17, 15) is 9.90 Å². The SMILES string of the molecule is [B]C(C)c1cc2c3c(c(Br)cc4c3c1C(O)C(CCC(C)CC)C4)C[C@@H](CCc1c(C)cccc1CC)C2=O. The third-order valence-corrected chi connectivity index (χ3v) is 10.5. The number of ketones is 1. The third-order valence-electron chi connectivity index (χ3n) is 9.77. The molecule has 4 heteroatoms. The van der Waals surface area contributed by atoms with Crippen LogP contribution < -0.4 is 0 Å². The Hall–Kier alpha value is -1.91. The molecule has 2 aliphatic carbocycles. The first-order valence-corrected chi connectivity index (χ1v) is 15.8. The molecule has 0 saturated carbocycles. The summed E-state index contributed by atoms with van der Waals surface area (Å²) in [5.74, 6) is 0.742. The van der Waals surface area contributed by atoms with Crippen molar-refractivity contribution in [2.24, 2.45) is 17.8 Å². The van der Waals surface area contributed by atoms with Crippen molar-refractivity contribution >= 4 is 40.3 Å². The molecule has 0 amide bonds. The molecule has 0 bridgehead atoms. The Morgan fingerprint density at radius 3 is 2.56 bits per heavy atom. The van der Waals surface area contributed by atoms with Crippen molar-refractivity contribution in [2.75, 3.05) is 0 Å². The van der Waals surface area contributed by atoms with E-state index in [0.29, 0.717) is 5.92 Å². The number of aliphatic hydroxyl groups is 1. The molecule has 2 nitrogen and oxygen atoms in total. The maximum Gasteiger partial charge on any atom is 0.166 e. The molecule has 0 heterocycles. The summed E-state index contributed by atoms with van der Waals surface area (Å²) in [5.41, 5.74) is 9.28. The molecule has 3 aromatic rings. The van der Waals surface area contributed by atoms with Crippen LogP contribution in [0.2, 0.25) is 0 Å². The number of aliphatic hydroxyl groups excluding tert-OH is 1. The maximum atomic E-state index is 14.1. The second-order valence-corrected chi connectivity index (χ2v) is 13.2. The second-order valence-electron chi connectivity index (χ2n) is 12.3. The van der Waals surface area contributed by atoms with Crippen LogP contribution in [0.3, 0.4) is 0 Å². The topological polar surface area (TPSA) is 37.3 Å². The summed E-state index contributed by atoms with van der Waals surface area (Å²) in [5, 5.41) is 13.9. The van der Waals surface area contributed by atoms with Crippen LogP contribution in [0.4, 0.5) is 0 Å². The van der Waals surface area contributed by atoms with Crippen LogP contribution in [0.15, 0.2) is 34.8 Å². The van der Waals surface area contributed by atoms with Gasteiger partial charge >= 0.3 is 0 Å². The van der Waals surface area contributed by atoms with Gasteiger partial charge in [-0.3, -0.25) is 4.79 Å². The number of halogens is 1. The smallest absolute Gasteiger partial charge is 0.166 e. The van der Waals surface area contributed by atoms with Crippen LogP contribution in [0, 0.1) is 24.7 Å². The zero-order valence-corrected chi connectivity index (χ0v) is 25.8. The van der Waals surface area contributed by atoms with Crippen molar-refractivity contribution in [3.8, 4) is 0 Å². The van der Waals surface area contributed by atoms with E-state index < -0.39 is 6.10 Å². The highest BCUT2D eigenvalue weighted by Crippen LogP contribution is 2.50. The molecular formula is C35H42BBrO2. The number of rotatable bonds is 9. The summed E-state index contributed by atoms with van der Waals surface area (Å²) < 4.78 is 1.10. The molecule has 5 atom stereocenters. The Balaban J connectivity index is 1.56. The highest BCUT2D eigenvalue weighted by molar-refractivity contribution is 9.10. The number of carbonyl (C=O) groups is 1. The Labute approximate surface area is 244 Å². The van der Waals surface area contributed by atoms with E-state index in [1.807, 2.05) is 13.0 Å². The zero-order chi connectivity index (χ0) is 28.0. The monoisotopic (exact) mass is 584 g/mol. The van der Waals surface area contributed by atoms with Gasteiger partial charge in [0.15, 0.2) is 5.78 Å². The molecule has 0 spiro atoms. The van der Waals surface area contributed by atoms with Crippen LogP contribution in [0.5, 0.6) is 0 Å². The minimum absolute atomic E-state index is 0.0601. The first-order valence-electron chi connectivity index (χ1n) is 15.0. The summed E-state index contributed by atoms with van der Waals surface area (Å²) >= 11 is 3.92. The van der Waals surface area contributed by atoms with Crippen LogP contribution in [-0.2, 0) is 25.7 Å². The van der Waals surface area contributed by atoms with Gasteiger partial charge in [-0.1, -0.05) is 80.5 Å². The van der Waals surface area contributed by atoms with Gasteiger partial charge in [0.25, 0.3) is 0 Å². The quantitative estimate of drug-likeness (QED) is 0.255. The molecule has 1 N–H and O–H groups in total. The van der Waals surface area contributed by atoms with Crippen molar-refractivity contribution < 1.29 is 9.90 Å². The van der Waals surface area contributed by atoms with E-state index in [0.717, 1.165) is 83.3 Å². The molecule has 0 aromatic heterocycles. The fraction of sp³-hybridized carbons (Fsp3) is 0.514. The molecule has 39 heavy (non-hydrogen) atoms. The van der Waals surface area contributed by atoms with Crippen molar-refractivity contribution in [3.05, 3.63) is 79.3 Å². The van der Waals surface area contributed by atoms with Gasteiger partial charge in [-0.2, -0.15) is 0 Å². The minimum Gasteiger partial charge on any atom is -0.388 e. The highest BCUT2D eigenvalue weighted by atomic mass is 79.9. The van der Waals surface area contributed by atoms with Gasteiger partial charge < -0.3 is 5.11 Å². The van der Waals surface area contributed by atoms with E-state index in [1.165, 1.54) is 27.8 Å². The lowest BCUT2D eigenvalue weighted by atomic mass is 9.67. The highest BCUT2D eigenvalue weighted by Gasteiger charge is 2.38. The molecule has 0 fully saturated rings. The van der Waals surface area contributed by atoms with Crippen molar-refractivity contribution in [3.63, 3.8) is 0 Å². The predicted molar refractivity (Wildman–Crippen MR) is 167 cm³/mol. The minimum atomic E-state index is -0.549. The Bertz CT molecular complexity index is 1410. The van der Waals surface area contributed by atoms with Gasteiger partial charge in [0.05, 0.1) is 14.0 Å². The third kappa shape index (κ3) is 5.17. The van der Waals surface area contributed by atoms with Crippen LogP contribution >= 0.6 is 15.9 Å². The molecule has 4 unspecified atom stereocenters. The molecule has 0 aliphatic heterocycles. The summed E-state index contributed by atoms with van der Waals surface area (Å²) in [6.07, 6.45) is 7.05. The molecular weight excluding hydrogens is 543 g/mol. The van der Waals surface area contributed by atoms with Crippen LogP contribution in [0.1, 0.15) is 115 Å². The number of hydrogen-bond donors (Lipinski definition) is 1. The second kappa shape index (κ2) is 11.5. The van der Waals surface area contributed by atoms with Crippen molar-refractivity contribution in [1.29, 1.82) is 0 Å². The Morgan fingerprint density at radius 2 is 1.87 bits per heavy atom. The van der Waals surface area contributed by atoms with Gasteiger partial charge in [0.1, 0.15) is 0 Å². The van der Waals surface area contributed by atoms with Gasteiger partial charge in [-0.15, -0.1) is 0 Å². The number of Topliss-reactive ketones (excluding diaryl/α,β-unsaturated/α-hetero) is 1. The molecule has 2 aliphatic rings. The summed E-state index contributed by atoms with van der Waals surface area (Å²) in [6, 6.07) is 10.9. The number of carbonyl (C=O) groups excluding carboxylic acids is 1.